The van der Waals surface area contributed by atoms with Gasteiger partial charge in [-0.05, 0) is 25.0 Å². The number of nitrogens with one attached hydrogen (secondary N) is 1. The molecule has 0 unspecified atom stereocenters. The number of hydrogen-bond acceptors (Lipinski definition) is 4. The fourth-order valence-corrected chi connectivity index (χ4v) is 3.11. The zero-order valence-electron chi connectivity index (χ0n) is 10.9. The van der Waals surface area contributed by atoms with E-state index < -0.39 is 10.0 Å². The molecule has 0 amide bonds. The summed E-state index contributed by atoms with van der Waals surface area (Å²) < 4.78 is 31.9. The van der Waals surface area contributed by atoms with Crippen LogP contribution in [0.2, 0.25) is 0 Å². The van der Waals surface area contributed by atoms with E-state index in [1.165, 1.54) is 6.26 Å². The summed E-state index contributed by atoms with van der Waals surface area (Å²) in [7, 11) is -3.52. The summed E-state index contributed by atoms with van der Waals surface area (Å²) in [5, 5.41) is 3.71. The second-order valence-corrected chi connectivity index (χ2v) is 5.95. The van der Waals surface area contributed by atoms with Crippen LogP contribution in [0.25, 0.3) is 0 Å². The van der Waals surface area contributed by atoms with Crippen molar-refractivity contribution in [1.82, 2.24) is 9.88 Å². The lowest BCUT2D eigenvalue weighted by Crippen LogP contribution is -2.24. The minimum absolute atomic E-state index is 0.176. The Hall–Kier alpha value is -1.66. The Morgan fingerprint density at radius 1 is 1.26 bits per heavy atom. The first-order valence-electron chi connectivity index (χ1n) is 6.02. The number of rotatable bonds is 5. The lowest BCUT2D eigenvalue weighted by Gasteiger charge is -2.09. The van der Waals surface area contributed by atoms with Crippen molar-refractivity contribution in [2.24, 2.45) is 0 Å². The third-order valence-electron chi connectivity index (χ3n) is 2.94. The third-order valence-corrected chi connectivity index (χ3v) is 4.45. The topological polar surface area (TPSA) is 72.2 Å². The van der Waals surface area contributed by atoms with Gasteiger partial charge in [-0.15, -0.1) is 0 Å². The molecular weight excluding hydrogens is 264 g/mol. The highest BCUT2D eigenvalue weighted by molar-refractivity contribution is 7.89. The predicted octanol–water partition coefficient (Wildman–Crippen LogP) is 2.02. The van der Waals surface area contributed by atoms with Crippen LogP contribution >= 0.6 is 0 Å². The van der Waals surface area contributed by atoms with Gasteiger partial charge in [-0.3, -0.25) is 0 Å². The highest BCUT2D eigenvalue weighted by atomic mass is 32.2. The molecule has 1 aromatic carbocycles. The summed E-state index contributed by atoms with van der Waals surface area (Å²) in [6.07, 6.45) is 2.12. The summed E-state index contributed by atoms with van der Waals surface area (Å²) in [6, 6.07) is 6.99. The van der Waals surface area contributed by atoms with Crippen molar-refractivity contribution in [2.45, 2.75) is 31.7 Å². The predicted molar refractivity (Wildman–Crippen MR) is 71.1 cm³/mol. The number of aromatic nitrogens is 1. The van der Waals surface area contributed by atoms with Crippen molar-refractivity contribution in [2.75, 3.05) is 0 Å². The molecule has 6 heteroatoms. The van der Waals surface area contributed by atoms with E-state index in [2.05, 4.69) is 9.88 Å². The SMILES string of the molecule is CCc1ccccc1S(=O)(=O)NCc1conc1C. The maximum atomic E-state index is 12.3. The van der Waals surface area contributed by atoms with E-state index in [0.717, 1.165) is 11.1 Å². The zero-order valence-corrected chi connectivity index (χ0v) is 11.7. The lowest BCUT2D eigenvalue weighted by molar-refractivity contribution is 0.414. The molecule has 0 saturated carbocycles. The molecular formula is C13H16N2O3S. The molecule has 19 heavy (non-hydrogen) atoms. The maximum Gasteiger partial charge on any atom is 0.241 e. The largest absolute Gasteiger partial charge is 0.364 e. The molecule has 1 aromatic heterocycles. The van der Waals surface area contributed by atoms with E-state index in [1.807, 2.05) is 19.1 Å². The number of hydrogen-bond donors (Lipinski definition) is 1. The second-order valence-electron chi connectivity index (χ2n) is 4.21. The first-order chi connectivity index (χ1) is 9.04. The van der Waals surface area contributed by atoms with Crippen LogP contribution in [-0.4, -0.2) is 13.6 Å². The van der Waals surface area contributed by atoms with Gasteiger partial charge in [0.25, 0.3) is 0 Å². The number of nitrogens with zero attached hydrogens (tertiary/aromatic N) is 1. The molecule has 0 saturated heterocycles. The van der Waals surface area contributed by atoms with Gasteiger partial charge in [0, 0.05) is 12.1 Å². The van der Waals surface area contributed by atoms with Crippen molar-refractivity contribution < 1.29 is 12.9 Å². The standard InChI is InChI=1S/C13H16N2O3S/c1-3-11-6-4-5-7-13(11)19(16,17)14-8-12-9-18-15-10(12)2/h4-7,9,14H,3,8H2,1-2H3. The molecule has 1 N–H and O–H groups in total. The highest BCUT2D eigenvalue weighted by Gasteiger charge is 2.17. The van der Waals surface area contributed by atoms with E-state index in [0.29, 0.717) is 17.0 Å². The van der Waals surface area contributed by atoms with Gasteiger partial charge in [0.1, 0.15) is 6.26 Å². The summed E-state index contributed by atoms with van der Waals surface area (Å²) >= 11 is 0. The summed E-state index contributed by atoms with van der Waals surface area (Å²) in [6.45, 7) is 3.88. The zero-order chi connectivity index (χ0) is 13.9. The van der Waals surface area contributed by atoms with E-state index in [9.17, 15) is 8.42 Å². The van der Waals surface area contributed by atoms with Gasteiger partial charge in [0.2, 0.25) is 10.0 Å². The molecule has 0 aliphatic carbocycles. The van der Waals surface area contributed by atoms with E-state index in [4.69, 9.17) is 4.52 Å². The molecule has 0 fully saturated rings. The molecule has 5 nitrogen and oxygen atoms in total. The van der Waals surface area contributed by atoms with Crippen molar-refractivity contribution in [3.8, 4) is 0 Å². The molecule has 102 valence electrons. The van der Waals surface area contributed by atoms with E-state index in [1.54, 1.807) is 19.1 Å². The first kappa shape index (κ1) is 13.8. The molecule has 0 radical (unpaired) electrons. The first-order valence-corrected chi connectivity index (χ1v) is 7.50. The van der Waals surface area contributed by atoms with Gasteiger partial charge in [-0.1, -0.05) is 30.3 Å². The number of benzene rings is 1. The Labute approximate surface area is 112 Å². The molecule has 0 bridgehead atoms. The van der Waals surface area contributed by atoms with Gasteiger partial charge in [0.15, 0.2) is 0 Å². The van der Waals surface area contributed by atoms with Crippen LogP contribution in [0.4, 0.5) is 0 Å². The minimum Gasteiger partial charge on any atom is -0.364 e. The Kier molecular flexibility index (Phi) is 4.01. The Balaban J connectivity index is 2.21. The molecule has 0 atom stereocenters. The molecule has 0 aliphatic heterocycles. The quantitative estimate of drug-likeness (QED) is 0.909. The molecule has 0 aliphatic rings. The van der Waals surface area contributed by atoms with Crippen molar-refractivity contribution in [1.29, 1.82) is 0 Å². The van der Waals surface area contributed by atoms with Gasteiger partial charge < -0.3 is 4.52 Å². The van der Waals surface area contributed by atoms with Gasteiger partial charge in [0.05, 0.1) is 10.6 Å². The molecule has 1 heterocycles. The van der Waals surface area contributed by atoms with Crippen LogP contribution < -0.4 is 4.72 Å². The Morgan fingerprint density at radius 3 is 2.63 bits per heavy atom. The second kappa shape index (κ2) is 5.54. The van der Waals surface area contributed by atoms with E-state index in [-0.39, 0.29) is 6.54 Å². The average Bonchev–Trinajstić information content (AvgIpc) is 2.82. The molecule has 2 aromatic rings. The maximum absolute atomic E-state index is 12.3. The van der Waals surface area contributed by atoms with Gasteiger partial charge in [-0.2, -0.15) is 0 Å². The number of aryl methyl sites for hydroxylation is 2. The normalized spacial score (nSPS) is 11.7. The van der Waals surface area contributed by atoms with Crippen LogP contribution in [0, 0.1) is 6.92 Å². The van der Waals surface area contributed by atoms with Gasteiger partial charge in [-0.25, -0.2) is 13.1 Å². The van der Waals surface area contributed by atoms with Crippen LogP contribution in [0.15, 0.2) is 39.9 Å². The molecule has 0 spiro atoms. The fraction of sp³-hybridized carbons (Fsp3) is 0.308. The minimum atomic E-state index is -3.52. The smallest absolute Gasteiger partial charge is 0.241 e. The Bertz CT molecular complexity index is 662. The monoisotopic (exact) mass is 280 g/mol. The number of sulfonamides is 1. The highest BCUT2D eigenvalue weighted by Crippen LogP contribution is 2.16. The average molecular weight is 280 g/mol. The summed E-state index contributed by atoms with van der Waals surface area (Å²) in [5.41, 5.74) is 2.22. The summed E-state index contributed by atoms with van der Waals surface area (Å²) in [4.78, 5) is 0.326. The fourth-order valence-electron chi connectivity index (χ4n) is 1.79. The van der Waals surface area contributed by atoms with Gasteiger partial charge >= 0.3 is 0 Å². The molecule has 2 rings (SSSR count). The third kappa shape index (κ3) is 3.02. The van der Waals surface area contributed by atoms with E-state index >= 15 is 0 Å². The Morgan fingerprint density at radius 2 is 2.00 bits per heavy atom. The van der Waals surface area contributed by atoms with Crippen LogP contribution in [-0.2, 0) is 23.0 Å². The van der Waals surface area contributed by atoms with Crippen LogP contribution in [0.5, 0.6) is 0 Å². The van der Waals surface area contributed by atoms with Crippen LogP contribution in [0.3, 0.4) is 0 Å². The van der Waals surface area contributed by atoms with Crippen molar-refractivity contribution >= 4 is 10.0 Å². The van der Waals surface area contributed by atoms with Crippen molar-refractivity contribution in [3.63, 3.8) is 0 Å². The van der Waals surface area contributed by atoms with Crippen molar-refractivity contribution in [3.05, 3.63) is 47.3 Å². The summed E-state index contributed by atoms with van der Waals surface area (Å²) in [5.74, 6) is 0. The lowest BCUT2D eigenvalue weighted by atomic mass is 10.2. The van der Waals surface area contributed by atoms with Crippen LogP contribution in [0.1, 0.15) is 23.7 Å².